The number of ether oxygens (including phenoxy) is 3. The minimum Gasteiger partial charge on any atom is -0.490 e. The van der Waals surface area contributed by atoms with E-state index in [1.807, 2.05) is 27.7 Å². The highest BCUT2D eigenvalue weighted by Crippen LogP contribution is 2.38. The highest BCUT2D eigenvalue weighted by molar-refractivity contribution is 8.77. The van der Waals surface area contributed by atoms with Gasteiger partial charge in [-0.15, -0.1) is 0 Å². The van der Waals surface area contributed by atoms with E-state index in [1.54, 1.807) is 45.9 Å². The summed E-state index contributed by atoms with van der Waals surface area (Å²) in [6.45, 7) is 16.3. The average molecular weight is 562 g/mol. The van der Waals surface area contributed by atoms with E-state index in [0.29, 0.717) is 37.6 Å². The third-order valence-corrected chi connectivity index (χ3v) is 7.36. The molecule has 10 heteroatoms. The van der Waals surface area contributed by atoms with Crippen LogP contribution in [0.15, 0.2) is 24.3 Å². The zero-order valence-corrected chi connectivity index (χ0v) is 25.0. The van der Waals surface area contributed by atoms with Crippen LogP contribution in [0.5, 0.6) is 5.75 Å². The van der Waals surface area contributed by atoms with Crippen LogP contribution < -0.4 is 21.1 Å². The van der Waals surface area contributed by atoms with Gasteiger partial charge in [-0.3, -0.25) is 9.59 Å². The largest absolute Gasteiger partial charge is 0.490 e. The fourth-order valence-corrected chi connectivity index (χ4v) is 4.53. The van der Waals surface area contributed by atoms with Gasteiger partial charge in [-0.05, 0) is 18.2 Å². The van der Waals surface area contributed by atoms with E-state index in [1.165, 1.54) is 0 Å². The summed E-state index contributed by atoms with van der Waals surface area (Å²) in [5.74, 6) is 6.33. The van der Waals surface area contributed by atoms with Crippen molar-refractivity contribution in [3.63, 3.8) is 0 Å². The highest BCUT2D eigenvalue weighted by Gasteiger charge is 2.18. The van der Waals surface area contributed by atoms with Gasteiger partial charge in [0.15, 0.2) is 0 Å². The number of rotatable bonds is 15. The average Bonchev–Trinajstić information content (AvgIpc) is 2.86. The Bertz CT molecular complexity index is 851. The summed E-state index contributed by atoms with van der Waals surface area (Å²) in [7, 11) is 3.27. The highest BCUT2D eigenvalue weighted by atomic mass is 33.1. The lowest BCUT2D eigenvalue weighted by molar-refractivity contribution is -0.126. The lowest BCUT2D eigenvalue weighted by Crippen LogP contribution is -2.29. The molecule has 0 fully saturated rings. The van der Waals surface area contributed by atoms with Crippen LogP contribution in [-0.2, 0) is 14.3 Å². The van der Waals surface area contributed by atoms with Crippen LogP contribution >= 0.6 is 21.6 Å². The number of hydrogen-bond donors (Lipinski definition) is 3. The van der Waals surface area contributed by atoms with Crippen molar-refractivity contribution in [3.8, 4) is 17.6 Å². The topological polar surface area (TPSA) is 112 Å². The first-order chi connectivity index (χ1) is 17.6. The molecule has 0 bridgehead atoms. The first-order valence-corrected chi connectivity index (χ1v) is 14.8. The van der Waals surface area contributed by atoms with Gasteiger partial charge in [0.25, 0.3) is 5.91 Å². The molecule has 0 aliphatic rings. The van der Waals surface area contributed by atoms with E-state index < -0.39 is 0 Å². The van der Waals surface area contributed by atoms with Crippen molar-refractivity contribution in [2.24, 2.45) is 11.7 Å². The van der Waals surface area contributed by atoms with E-state index in [2.05, 4.69) is 43.2 Å². The maximum absolute atomic E-state index is 12.2. The van der Waals surface area contributed by atoms with Gasteiger partial charge in [-0.1, -0.05) is 88.0 Å². The minimum atomic E-state index is -0.266. The first-order valence-electron chi connectivity index (χ1n) is 12.6. The number of nitrogens with one attached hydrogen (secondary N) is 2. The minimum absolute atomic E-state index is 0. The molecule has 8 nitrogen and oxygen atoms in total. The van der Waals surface area contributed by atoms with Gasteiger partial charge in [-0.25, -0.2) is 0 Å². The molecule has 0 radical (unpaired) electrons. The summed E-state index contributed by atoms with van der Waals surface area (Å²) in [6, 6.07) is 6.98. The van der Waals surface area contributed by atoms with E-state index in [-0.39, 0.29) is 52.0 Å². The number of carbonyl (C=O) groups excluding carboxylic acids is 2. The molecule has 0 unspecified atom stereocenters. The Morgan fingerprint density at radius 1 is 1.16 bits per heavy atom. The van der Waals surface area contributed by atoms with Crippen molar-refractivity contribution in [2.45, 2.75) is 58.6 Å². The Balaban J connectivity index is -0.00000126. The van der Waals surface area contributed by atoms with Gasteiger partial charge in [0.1, 0.15) is 24.4 Å². The Kier molecular flexibility index (Phi) is 20.0. The molecule has 0 aromatic heterocycles. The van der Waals surface area contributed by atoms with Crippen LogP contribution in [0.1, 0.15) is 63.1 Å². The molecule has 1 aromatic carbocycles. The quantitative estimate of drug-likeness (QED) is 0.121. The number of carbonyl (C=O) groups is 2. The Morgan fingerprint density at radius 3 is 2.54 bits per heavy atom. The van der Waals surface area contributed by atoms with Crippen molar-refractivity contribution < 1.29 is 28.1 Å². The zero-order valence-electron chi connectivity index (χ0n) is 23.3. The van der Waals surface area contributed by atoms with Gasteiger partial charge in [-0.2, -0.15) is 0 Å². The van der Waals surface area contributed by atoms with E-state index in [9.17, 15) is 9.59 Å². The monoisotopic (exact) mass is 561 g/mol. The molecule has 0 aliphatic carbocycles. The molecular formula is C27H51N3O5S2. The summed E-state index contributed by atoms with van der Waals surface area (Å²) < 4.78 is 17.3. The third kappa shape index (κ3) is 19.8. The molecule has 0 saturated heterocycles. The molecule has 0 saturated carbocycles. The van der Waals surface area contributed by atoms with Crippen molar-refractivity contribution >= 4 is 33.4 Å². The Labute approximate surface area is 235 Å². The molecule has 0 spiro atoms. The number of hydrogen-bond acceptors (Lipinski definition) is 8. The van der Waals surface area contributed by atoms with Crippen molar-refractivity contribution in [2.75, 3.05) is 46.1 Å². The number of nitrogens with two attached hydrogens (primary N) is 1. The maximum Gasteiger partial charge on any atom is 0.251 e. The van der Waals surface area contributed by atoms with Gasteiger partial charge in [0.05, 0.1) is 19.8 Å². The summed E-state index contributed by atoms with van der Waals surface area (Å²) in [5.41, 5.74) is 5.68. The number of amides is 2. The van der Waals surface area contributed by atoms with Crippen LogP contribution in [0.25, 0.3) is 0 Å². The lowest BCUT2D eigenvalue weighted by Gasteiger charge is -2.22. The molecule has 37 heavy (non-hydrogen) atoms. The van der Waals surface area contributed by atoms with Crippen LogP contribution in [-0.4, -0.2) is 68.1 Å². The molecule has 1 rings (SSSR count). The van der Waals surface area contributed by atoms with E-state index >= 15 is 0 Å². The molecule has 4 N–H and O–H groups in total. The van der Waals surface area contributed by atoms with Gasteiger partial charge in [0.2, 0.25) is 5.91 Å². The lowest BCUT2D eigenvalue weighted by atomic mass is 10.2. The normalized spacial score (nSPS) is 11.5. The van der Waals surface area contributed by atoms with Crippen LogP contribution in [0, 0.1) is 17.8 Å². The van der Waals surface area contributed by atoms with Crippen molar-refractivity contribution in [1.82, 2.24) is 10.6 Å². The Morgan fingerprint density at radius 2 is 1.89 bits per heavy atom. The molecule has 0 heterocycles. The Hall–Kier alpha value is -1.90. The van der Waals surface area contributed by atoms with Crippen molar-refractivity contribution in [3.05, 3.63) is 29.8 Å². The summed E-state index contributed by atoms with van der Waals surface area (Å²) in [4.78, 5) is 23.9. The van der Waals surface area contributed by atoms with Crippen LogP contribution in [0.2, 0.25) is 0 Å². The molecule has 1 aromatic rings. The molecule has 216 valence electrons. The zero-order chi connectivity index (χ0) is 28.1. The summed E-state index contributed by atoms with van der Waals surface area (Å²) in [6.07, 6.45) is 0. The second-order valence-electron chi connectivity index (χ2n) is 8.78. The second-order valence-corrected chi connectivity index (χ2v) is 12.0. The maximum atomic E-state index is 12.2. The van der Waals surface area contributed by atoms with Crippen LogP contribution in [0.4, 0.5) is 0 Å². The smallest absolute Gasteiger partial charge is 0.251 e. The predicted octanol–water partition coefficient (Wildman–Crippen LogP) is 4.83. The summed E-state index contributed by atoms with van der Waals surface area (Å²) in [5, 5.41) is 5.44. The fourth-order valence-electron chi connectivity index (χ4n) is 2.33. The second kappa shape index (κ2) is 21.1. The van der Waals surface area contributed by atoms with E-state index in [4.69, 9.17) is 19.9 Å². The first kappa shape index (κ1) is 35.1. The standard InChI is InChI=1S/C25H39N3O5S2.C2H6.3H2/c1-19(2)8-7-12-27-22(29)17-31-14-15-32-23(34-35-25(3,4)5)18-33-21-10-6-9-20(16-21)24(30)28-13-11-26;1-2;;;/h6,9-10,16,19,23H,11-15,17-18,26H2,1-5H3,(H,27,29)(H,28,30);1-2H3;3*1H/t23-;;;;/m0..../s1. The molecule has 2 amide bonds. The predicted molar refractivity (Wildman–Crippen MR) is 162 cm³/mol. The van der Waals surface area contributed by atoms with Gasteiger partial charge < -0.3 is 30.6 Å². The molecular weight excluding hydrogens is 510 g/mol. The number of benzene rings is 1. The van der Waals surface area contributed by atoms with Gasteiger partial charge >= 0.3 is 0 Å². The SMILES string of the molecule is CC.CC(C)C#CCNC(=O)COCCO[C@H](COc1cccc(C(=O)NCCN)c1)SSC(C)(C)C.[HH].[HH].[HH]. The third-order valence-electron chi connectivity index (χ3n) is 3.85. The molecule has 1 atom stereocenters. The van der Waals surface area contributed by atoms with Crippen LogP contribution in [0.3, 0.4) is 0 Å². The van der Waals surface area contributed by atoms with E-state index in [0.717, 1.165) is 0 Å². The van der Waals surface area contributed by atoms with Crippen molar-refractivity contribution in [1.29, 1.82) is 0 Å². The molecule has 0 aliphatic heterocycles. The summed E-state index contributed by atoms with van der Waals surface area (Å²) >= 11 is 0. The van der Waals surface area contributed by atoms with Gasteiger partial charge in [0, 0.05) is 33.6 Å². The fraction of sp³-hybridized carbons (Fsp3) is 0.630.